The van der Waals surface area contributed by atoms with Gasteiger partial charge in [-0.05, 0) is 64.2 Å². The minimum absolute atomic E-state index is 0.0438. The summed E-state index contributed by atoms with van der Waals surface area (Å²) in [5.41, 5.74) is 1.08. The molecule has 2 saturated heterocycles. The van der Waals surface area contributed by atoms with Crippen LogP contribution >= 0.6 is 0 Å². The van der Waals surface area contributed by atoms with E-state index in [-0.39, 0.29) is 11.2 Å². The molecule has 0 bridgehead atoms. The number of amides is 1. The molecule has 2 aliphatic rings. The molecule has 5 heterocycles. The van der Waals surface area contributed by atoms with E-state index in [9.17, 15) is 14.9 Å². The first-order chi connectivity index (χ1) is 20.9. The Kier molecular flexibility index (Phi) is 8.84. The predicted octanol–water partition coefficient (Wildman–Crippen LogP) is 5.31. The number of pyridine rings is 2. The molecule has 11 nitrogen and oxygen atoms in total. The molecule has 1 amide bonds. The fourth-order valence-corrected chi connectivity index (χ4v) is 6.08. The maximum absolute atomic E-state index is 13.8. The van der Waals surface area contributed by atoms with Crippen molar-refractivity contribution in [1.29, 1.82) is 5.26 Å². The highest BCUT2D eigenvalue weighted by Crippen LogP contribution is 2.39. The van der Waals surface area contributed by atoms with Crippen LogP contribution in [-0.4, -0.2) is 70.5 Å². The Hall–Kier alpha value is -4.17. The molecule has 3 aromatic heterocycles. The van der Waals surface area contributed by atoms with Crippen molar-refractivity contribution in [2.45, 2.75) is 77.9 Å². The van der Waals surface area contributed by atoms with E-state index < -0.39 is 17.2 Å². The molecular formula is C33H42N6O5. The number of Topliss-reactive ketones (excluding diaryl/α,β-unsaturated/α-hetero) is 1. The highest BCUT2D eigenvalue weighted by Gasteiger charge is 2.45. The number of ether oxygens (including phenoxy) is 3. The van der Waals surface area contributed by atoms with Crippen molar-refractivity contribution >= 4 is 23.2 Å². The second kappa shape index (κ2) is 12.4. The summed E-state index contributed by atoms with van der Waals surface area (Å²) in [5.74, 6) is 1.57. The van der Waals surface area contributed by atoms with Gasteiger partial charge in [0.15, 0.2) is 5.78 Å². The Labute approximate surface area is 258 Å². The molecule has 0 atom stereocenters. The van der Waals surface area contributed by atoms with E-state index in [1.807, 2.05) is 52.1 Å². The third-order valence-electron chi connectivity index (χ3n) is 8.58. The van der Waals surface area contributed by atoms with Gasteiger partial charge < -0.3 is 24.4 Å². The highest BCUT2D eigenvalue weighted by molar-refractivity contribution is 5.92. The van der Waals surface area contributed by atoms with Gasteiger partial charge in [0.1, 0.15) is 28.8 Å². The molecule has 1 N–H and O–H groups in total. The highest BCUT2D eigenvalue weighted by atomic mass is 16.6. The summed E-state index contributed by atoms with van der Waals surface area (Å²) >= 11 is 0. The molecule has 0 unspecified atom stereocenters. The van der Waals surface area contributed by atoms with Gasteiger partial charge in [-0.25, -0.2) is 14.3 Å². The number of nitrogens with one attached hydrogen (secondary N) is 1. The first kappa shape index (κ1) is 31.3. The lowest BCUT2D eigenvalue weighted by Gasteiger charge is -2.43. The summed E-state index contributed by atoms with van der Waals surface area (Å²) in [6, 6.07) is 8.16. The lowest BCUT2D eigenvalue weighted by atomic mass is 9.71. The fourth-order valence-electron chi connectivity index (χ4n) is 6.08. The number of hydrogen-bond acceptors (Lipinski definition) is 9. The summed E-state index contributed by atoms with van der Waals surface area (Å²) in [4.78, 5) is 33.5. The molecular weight excluding hydrogens is 560 g/mol. The summed E-state index contributed by atoms with van der Waals surface area (Å²) in [7, 11) is 0. The number of ketones is 1. The van der Waals surface area contributed by atoms with E-state index in [1.165, 1.54) is 0 Å². The lowest BCUT2D eigenvalue weighted by Crippen LogP contribution is -2.59. The average Bonchev–Trinajstić information content (AvgIpc) is 3.40. The Morgan fingerprint density at radius 1 is 1.14 bits per heavy atom. The van der Waals surface area contributed by atoms with Crippen LogP contribution in [0, 0.1) is 16.7 Å². The minimum Gasteiger partial charge on any atom is -0.492 e. The average molecular weight is 603 g/mol. The van der Waals surface area contributed by atoms with Gasteiger partial charge >= 0.3 is 6.09 Å². The number of piperidine rings is 1. The van der Waals surface area contributed by atoms with Crippen LogP contribution in [0.4, 0.5) is 10.6 Å². The minimum atomic E-state index is -0.968. The Bertz CT molecular complexity index is 1540. The summed E-state index contributed by atoms with van der Waals surface area (Å²) in [6.45, 7) is 12.4. The van der Waals surface area contributed by atoms with E-state index in [0.29, 0.717) is 55.9 Å². The zero-order valence-corrected chi connectivity index (χ0v) is 26.3. The number of carbonyl (C=O) groups is 2. The largest absolute Gasteiger partial charge is 0.492 e. The maximum Gasteiger partial charge on any atom is 0.408 e. The Balaban J connectivity index is 1.27. The first-order valence-electron chi connectivity index (χ1n) is 15.3. The number of aromatic nitrogens is 3. The fraction of sp³-hybridized carbons (Fsp3) is 0.545. The van der Waals surface area contributed by atoms with Gasteiger partial charge in [-0.15, -0.1) is 0 Å². The molecule has 0 spiro atoms. The number of alkyl carbamates (subject to hydrolysis) is 1. The van der Waals surface area contributed by atoms with Crippen molar-refractivity contribution < 1.29 is 23.8 Å². The number of rotatable bonds is 8. The van der Waals surface area contributed by atoms with E-state index in [2.05, 4.69) is 28.3 Å². The normalized spacial score (nSPS) is 18.0. The molecule has 3 aromatic rings. The van der Waals surface area contributed by atoms with Crippen LogP contribution in [0.15, 0.2) is 36.8 Å². The molecule has 0 saturated carbocycles. The number of hydrogen-bond donors (Lipinski definition) is 1. The van der Waals surface area contributed by atoms with Gasteiger partial charge in [-0.2, -0.15) is 10.4 Å². The summed E-state index contributed by atoms with van der Waals surface area (Å²) in [5, 5.41) is 16.9. The third-order valence-corrected chi connectivity index (χ3v) is 8.58. The van der Waals surface area contributed by atoms with Crippen LogP contribution < -0.4 is 15.0 Å². The summed E-state index contributed by atoms with van der Waals surface area (Å²) in [6.07, 6.45) is 7.49. The number of fused-ring (bicyclic) bond motifs is 1. The molecule has 11 heteroatoms. The van der Waals surface area contributed by atoms with Crippen LogP contribution in [0.1, 0.15) is 72.3 Å². The van der Waals surface area contributed by atoms with Crippen molar-refractivity contribution in [2.75, 3.05) is 37.8 Å². The van der Waals surface area contributed by atoms with Crippen LogP contribution in [0.2, 0.25) is 0 Å². The van der Waals surface area contributed by atoms with Gasteiger partial charge in [0.05, 0.1) is 30.1 Å². The molecule has 2 fully saturated rings. The zero-order chi connectivity index (χ0) is 31.5. The molecule has 44 heavy (non-hydrogen) atoms. The van der Waals surface area contributed by atoms with Crippen molar-refractivity contribution in [3.63, 3.8) is 0 Å². The SMILES string of the molecule is CCOc1cc(-c2ccc(N3CCC(C)(CC(=O)C4(NC(=O)OC(C)(C)C)CCOCC4)CC3)nc2)c2c(C#N)cnn2c1. The standard InChI is InChI=1S/C33H42N6O5/c1-6-43-25-17-26(29-24(19-34)21-36-39(29)22-25)23-7-8-28(35-20-23)38-13-9-32(5,10-14-38)18-27(40)33(11-15-42-16-12-33)37-30(41)44-31(2,3)4/h7-8,17,20-22H,6,9-16,18H2,1-5H3,(H,37,41). The summed E-state index contributed by atoms with van der Waals surface area (Å²) < 4.78 is 18.4. The number of anilines is 1. The van der Waals surface area contributed by atoms with Gasteiger partial charge in [-0.1, -0.05) is 6.92 Å². The van der Waals surface area contributed by atoms with E-state index in [4.69, 9.17) is 19.2 Å². The van der Waals surface area contributed by atoms with Crippen molar-refractivity contribution in [1.82, 2.24) is 19.9 Å². The van der Waals surface area contributed by atoms with Crippen molar-refractivity contribution in [2.24, 2.45) is 5.41 Å². The smallest absolute Gasteiger partial charge is 0.408 e. The van der Waals surface area contributed by atoms with E-state index in [0.717, 1.165) is 42.9 Å². The van der Waals surface area contributed by atoms with Gasteiger partial charge in [0, 0.05) is 62.9 Å². The van der Waals surface area contributed by atoms with Gasteiger partial charge in [-0.3, -0.25) is 4.79 Å². The third kappa shape index (κ3) is 6.81. The van der Waals surface area contributed by atoms with Crippen LogP contribution in [0.5, 0.6) is 5.75 Å². The quantitative estimate of drug-likeness (QED) is 0.365. The topological polar surface area (TPSA) is 131 Å². The van der Waals surface area contributed by atoms with Crippen molar-refractivity contribution in [3.8, 4) is 22.9 Å². The van der Waals surface area contributed by atoms with E-state index >= 15 is 0 Å². The molecule has 2 aliphatic heterocycles. The lowest BCUT2D eigenvalue weighted by molar-refractivity contribution is -0.132. The second-order valence-electron chi connectivity index (χ2n) is 13.1. The molecule has 0 aromatic carbocycles. The first-order valence-corrected chi connectivity index (χ1v) is 15.3. The van der Waals surface area contributed by atoms with Crippen LogP contribution in [0.25, 0.3) is 16.6 Å². The van der Waals surface area contributed by atoms with Crippen molar-refractivity contribution in [3.05, 3.63) is 42.4 Å². The molecule has 5 rings (SSSR count). The number of nitriles is 1. The number of carbonyl (C=O) groups excluding carboxylic acids is 2. The van der Waals surface area contributed by atoms with Crippen LogP contribution in [-0.2, 0) is 14.3 Å². The van der Waals surface area contributed by atoms with Gasteiger partial charge in [0.2, 0.25) is 0 Å². The monoisotopic (exact) mass is 602 g/mol. The van der Waals surface area contributed by atoms with Gasteiger partial charge in [0.25, 0.3) is 0 Å². The zero-order valence-electron chi connectivity index (χ0n) is 26.3. The molecule has 0 radical (unpaired) electrons. The molecule has 234 valence electrons. The Morgan fingerprint density at radius 3 is 2.48 bits per heavy atom. The van der Waals surface area contributed by atoms with E-state index in [1.54, 1.807) is 16.9 Å². The Morgan fingerprint density at radius 2 is 1.86 bits per heavy atom. The second-order valence-corrected chi connectivity index (χ2v) is 13.1. The maximum atomic E-state index is 13.8. The van der Waals surface area contributed by atoms with Crippen LogP contribution in [0.3, 0.4) is 0 Å². The predicted molar refractivity (Wildman–Crippen MR) is 166 cm³/mol. The number of nitrogens with zero attached hydrogens (tertiary/aromatic N) is 5. The molecule has 0 aliphatic carbocycles.